The fourth-order valence-electron chi connectivity index (χ4n) is 5.49. The molecule has 1 aliphatic heterocycles. The molecule has 3 aromatic rings. The summed E-state index contributed by atoms with van der Waals surface area (Å²) in [6.07, 6.45) is 6.23. The molecule has 0 spiro atoms. The van der Waals surface area contributed by atoms with Crippen LogP contribution in [0.15, 0.2) is 83.5 Å². The summed E-state index contributed by atoms with van der Waals surface area (Å²) in [5.41, 5.74) is 0.691. The average Bonchev–Trinajstić information content (AvgIpc) is 3.73. The van der Waals surface area contributed by atoms with E-state index in [1.54, 1.807) is 18.2 Å². The molecular weight excluding hydrogens is 490 g/mol. The first-order chi connectivity index (χ1) is 18.4. The minimum Gasteiger partial charge on any atom is -0.457 e. The van der Waals surface area contributed by atoms with Crippen molar-refractivity contribution in [2.45, 2.75) is 6.42 Å². The SMILES string of the molecule is O=C(COC(=O)c1cccc(N2C(=O)C3C4C=CC(C4)C3C2=O)c1)c1ccc(OC(=O)c2ccco2)cc1. The number of furan rings is 1. The first-order valence-corrected chi connectivity index (χ1v) is 12.1. The molecule has 3 aliphatic rings. The number of amides is 2. The Morgan fingerprint density at radius 3 is 2.21 bits per heavy atom. The zero-order valence-corrected chi connectivity index (χ0v) is 19.9. The van der Waals surface area contributed by atoms with Gasteiger partial charge in [-0.25, -0.2) is 14.5 Å². The number of anilines is 1. The van der Waals surface area contributed by atoms with Crippen molar-refractivity contribution < 1.29 is 37.9 Å². The zero-order chi connectivity index (χ0) is 26.4. The van der Waals surface area contributed by atoms with Crippen LogP contribution in [0, 0.1) is 23.7 Å². The van der Waals surface area contributed by atoms with E-state index in [1.165, 1.54) is 53.6 Å². The zero-order valence-electron chi connectivity index (χ0n) is 19.9. The lowest BCUT2D eigenvalue weighted by Crippen LogP contribution is -2.33. The molecule has 2 heterocycles. The van der Waals surface area contributed by atoms with E-state index in [0.717, 1.165) is 6.42 Å². The molecule has 2 fully saturated rings. The van der Waals surface area contributed by atoms with Crippen molar-refractivity contribution in [3.8, 4) is 5.75 Å². The molecule has 0 N–H and O–H groups in total. The van der Waals surface area contributed by atoms with Gasteiger partial charge >= 0.3 is 11.9 Å². The van der Waals surface area contributed by atoms with Crippen molar-refractivity contribution in [1.29, 1.82) is 0 Å². The maximum Gasteiger partial charge on any atom is 0.379 e. The van der Waals surface area contributed by atoms with Gasteiger partial charge < -0.3 is 13.9 Å². The molecule has 6 rings (SSSR count). The van der Waals surface area contributed by atoms with Gasteiger partial charge in [0.1, 0.15) is 5.75 Å². The van der Waals surface area contributed by atoms with Gasteiger partial charge in [0.15, 0.2) is 12.4 Å². The predicted octanol–water partition coefficient (Wildman–Crippen LogP) is 3.85. The number of benzene rings is 2. The Balaban J connectivity index is 1.08. The summed E-state index contributed by atoms with van der Waals surface area (Å²) in [6.45, 7) is -0.519. The summed E-state index contributed by atoms with van der Waals surface area (Å²) in [6, 6.07) is 14.9. The van der Waals surface area contributed by atoms with Crippen LogP contribution in [0.25, 0.3) is 0 Å². The second-order valence-electron chi connectivity index (χ2n) is 9.45. The molecule has 1 saturated carbocycles. The first kappa shape index (κ1) is 23.6. The number of ether oxygens (including phenoxy) is 2. The highest BCUT2D eigenvalue weighted by atomic mass is 16.5. The van der Waals surface area contributed by atoms with E-state index in [9.17, 15) is 24.0 Å². The summed E-state index contributed by atoms with van der Waals surface area (Å²) in [7, 11) is 0. The first-order valence-electron chi connectivity index (χ1n) is 12.1. The number of esters is 2. The lowest BCUT2D eigenvalue weighted by molar-refractivity contribution is -0.123. The minimum absolute atomic E-state index is 0.0478. The average molecular weight is 511 g/mol. The summed E-state index contributed by atoms with van der Waals surface area (Å²) in [4.78, 5) is 64.4. The number of carbonyl (C=O) groups excluding carboxylic acids is 5. The molecule has 1 saturated heterocycles. The van der Waals surface area contributed by atoms with Gasteiger partial charge in [-0.05, 0) is 72.9 Å². The van der Waals surface area contributed by atoms with E-state index in [-0.39, 0.29) is 58.1 Å². The van der Waals surface area contributed by atoms with Crippen molar-refractivity contribution in [1.82, 2.24) is 0 Å². The Hall–Kier alpha value is -4.79. The number of carbonyl (C=O) groups is 5. The smallest absolute Gasteiger partial charge is 0.379 e. The van der Waals surface area contributed by atoms with Crippen LogP contribution < -0.4 is 9.64 Å². The van der Waals surface area contributed by atoms with Gasteiger partial charge in [-0.15, -0.1) is 0 Å². The van der Waals surface area contributed by atoms with Crippen LogP contribution in [-0.2, 0) is 14.3 Å². The molecule has 2 bridgehead atoms. The normalized spacial score (nSPS) is 23.0. The number of imide groups is 1. The maximum absolute atomic E-state index is 13.1. The van der Waals surface area contributed by atoms with Crippen LogP contribution in [0.3, 0.4) is 0 Å². The number of hydrogen-bond donors (Lipinski definition) is 0. The van der Waals surface area contributed by atoms with Crippen LogP contribution in [0.1, 0.15) is 37.7 Å². The molecule has 2 aliphatic carbocycles. The van der Waals surface area contributed by atoms with E-state index in [1.807, 2.05) is 12.2 Å². The minimum atomic E-state index is -0.759. The molecular formula is C29H21NO8. The largest absolute Gasteiger partial charge is 0.457 e. The molecule has 190 valence electrons. The molecule has 38 heavy (non-hydrogen) atoms. The highest BCUT2D eigenvalue weighted by Crippen LogP contribution is 2.53. The number of hydrogen-bond acceptors (Lipinski definition) is 8. The molecule has 4 unspecified atom stereocenters. The van der Waals surface area contributed by atoms with E-state index < -0.39 is 24.3 Å². The van der Waals surface area contributed by atoms with Crippen LogP contribution in [0.2, 0.25) is 0 Å². The lowest BCUT2D eigenvalue weighted by Gasteiger charge is -2.18. The molecule has 0 radical (unpaired) electrons. The van der Waals surface area contributed by atoms with Crippen LogP contribution >= 0.6 is 0 Å². The lowest BCUT2D eigenvalue weighted by atomic mass is 9.85. The topological polar surface area (TPSA) is 120 Å². The third kappa shape index (κ3) is 4.02. The third-order valence-electron chi connectivity index (χ3n) is 7.25. The highest BCUT2D eigenvalue weighted by Gasteiger charge is 2.59. The van der Waals surface area contributed by atoms with Crippen LogP contribution in [0.5, 0.6) is 5.75 Å². The van der Waals surface area contributed by atoms with E-state index >= 15 is 0 Å². The Labute approximate surface area is 216 Å². The van der Waals surface area contributed by atoms with Gasteiger partial charge in [0.2, 0.25) is 17.6 Å². The summed E-state index contributed by atoms with van der Waals surface area (Å²) in [5.74, 6) is -2.62. The number of nitrogens with zero attached hydrogens (tertiary/aromatic N) is 1. The van der Waals surface area contributed by atoms with Crippen molar-refractivity contribution in [2.24, 2.45) is 23.7 Å². The molecule has 2 aromatic carbocycles. The monoisotopic (exact) mass is 511 g/mol. The van der Waals surface area contributed by atoms with Gasteiger partial charge in [-0.3, -0.25) is 14.4 Å². The Morgan fingerprint density at radius 1 is 0.842 bits per heavy atom. The molecule has 2 amide bonds. The third-order valence-corrected chi connectivity index (χ3v) is 7.25. The van der Waals surface area contributed by atoms with Gasteiger partial charge in [0, 0.05) is 5.56 Å². The summed E-state index contributed by atoms with van der Waals surface area (Å²) < 4.78 is 15.3. The van der Waals surface area contributed by atoms with Crippen molar-refractivity contribution in [2.75, 3.05) is 11.5 Å². The summed E-state index contributed by atoms with van der Waals surface area (Å²) >= 11 is 0. The van der Waals surface area contributed by atoms with Crippen molar-refractivity contribution in [3.05, 3.63) is 96.0 Å². The van der Waals surface area contributed by atoms with Crippen molar-refractivity contribution in [3.63, 3.8) is 0 Å². The van der Waals surface area contributed by atoms with E-state index in [4.69, 9.17) is 13.9 Å². The van der Waals surface area contributed by atoms with Gasteiger partial charge in [-0.1, -0.05) is 18.2 Å². The summed E-state index contributed by atoms with van der Waals surface area (Å²) in [5, 5.41) is 0. The quantitative estimate of drug-likeness (QED) is 0.154. The number of ketones is 1. The highest BCUT2D eigenvalue weighted by molar-refractivity contribution is 6.23. The number of rotatable bonds is 7. The Kier molecular flexibility index (Phi) is 5.75. The van der Waals surface area contributed by atoms with E-state index in [2.05, 4.69) is 0 Å². The van der Waals surface area contributed by atoms with Crippen LogP contribution in [-0.4, -0.2) is 36.1 Å². The fraction of sp³-hybridized carbons (Fsp3) is 0.207. The van der Waals surface area contributed by atoms with E-state index in [0.29, 0.717) is 5.69 Å². The Morgan fingerprint density at radius 2 is 1.55 bits per heavy atom. The fourth-order valence-corrected chi connectivity index (χ4v) is 5.49. The standard InChI is InChI=1S/C29H21NO8/c31-22(16-8-10-21(11-9-16)38-29(35)23-5-2-12-36-23)15-37-28(34)19-3-1-4-20(14-19)30-26(32)24-17-6-7-18(13-17)25(24)27(30)33/h1-12,14,17-18,24-25H,13,15H2. The van der Waals surface area contributed by atoms with Gasteiger partial charge in [-0.2, -0.15) is 0 Å². The van der Waals surface area contributed by atoms with Gasteiger partial charge in [0.05, 0.1) is 29.3 Å². The number of Topliss-reactive ketones (excluding diaryl/α,β-unsaturated/α-hetero) is 1. The second-order valence-corrected chi connectivity index (χ2v) is 9.45. The van der Waals surface area contributed by atoms with Crippen LogP contribution in [0.4, 0.5) is 5.69 Å². The molecule has 1 aromatic heterocycles. The number of allylic oxidation sites excluding steroid dienone is 2. The van der Waals surface area contributed by atoms with Crippen molar-refractivity contribution >= 4 is 35.2 Å². The molecule has 4 atom stereocenters. The maximum atomic E-state index is 13.1. The van der Waals surface area contributed by atoms with Gasteiger partial charge in [0.25, 0.3) is 0 Å². The molecule has 9 nitrogen and oxygen atoms in total. The second kappa shape index (κ2) is 9.26. The Bertz CT molecular complexity index is 1460. The predicted molar refractivity (Wildman–Crippen MR) is 131 cm³/mol. The number of fused-ring (bicyclic) bond motifs is 5. The molecule has 9 heteroatoms.